The zero-order valence-electron chi connectivity index (χ0n) is 9.21. The lowest BCUT2D eigenvalue weighted by atomic mass is 9.82. The van der Waals surface area contributed by atoms with E-state index in [-0.39, 0.29) is 17.6 Å². The van der Waals surface area contributed by atoms with Gasteiger partial charge in [-0.2, -0.15) is 0 Å². The van der Waals surface area contributed by atoms with Gasteiger partial charge in [-0.1, -0.05) is 6.92 Å². The van der Waals surface area contributed by atoms with E-state index in [4.69, 9.17) is 10.5 Å². The lowest BCUT2D eigenvalue weighted by Crippen LogP contribution is -2.38. The SMILES string of the molecule is CC(C)OCCC(C)(CN)C(C)O. The monoisotopic (exact) mass is 189 g/mol. The van der Waals surface area contributed by atoms with Gasteiger partial charge in [0, 0.05) is 18.6 Å². The van der Waals surface area contributed by atoms with Crippen molar-refractivity contribution in [1.29, 1.82) is 0 Å². The summed E-state index contributed by atoms with van der Waals surface area (Å²) in [5, 5.41) is 9.50. The lowest BCUT2D eigenvalue weighted by Gasteiger charge is -2.31. The Balaban J connectivity index is 3.84. The van der Waals surface area contributed by atoms with E-state index in [1.807, 2.05) is 20.8 Å². The van der Waals surface area contributed by atoms with Crippen molar-refractivity contribution < 1.29 is 9.84 Å². The molecule has 0 bridgehead atoms. The smallest absolute Gasteiger partial charge is 0.0578 e. The fraction of sp³-hybridized carbons (Fsp3) is 1.00. The Kier molecular flexibility index (Phi) is 5.53. The molecule has 0 saturated carbocycles. The van der Waals surface area contributed by atoms with Crippen LogP contribution in [0.2, 0.25) is 0 Å². The maximum atomic E-state index is 9.50. The van der Waals surface area contributed by atoms with E-state index in [0.717, 1.165) is 6.42 Å². The molecule has 0 aromatic heterocycles. The summed E-state index contributed by atoms with van der Waals surface area (Å²) >= 11 is 0. The van der Waals surface area contributed by atoms with Crippen molar-refractivity contribution in [2.24, 2.45) is 11.1 Å². The van der Waals surface area contributed by atoms with Crippen molar-refractivity contribution in [2.75, 3.05) is 13.2 Å². The van der Waals surface area contributed by atoms with Gasteiger partial charge in [0.25, 0.3) is 0 Å². The van der Waals surface area contributed by atoms with Crippen LogP contribution in [0.25, 0.3) is 0 Å². The summed E-state index contributed by atoms with van der Waals surface area (Å²) in [5.74, 6) is 0. The molecule has 0 saturated heterocycles. The molecule has 0 aromatic carbocycles. The van der Waals surface area contributed by atoms with Gasteiger partial charge in [0.05, 0.1) is 12.2 Å². The molecule has 0 aliphatic heterocycles. The standard InChI is InChI=1S/C10H23NO2/c1-8(2)13-6-5-10(4,7-11)9(3)12/h8-9,12H,5-7,11H2,1-4H3. The van der Waals surface area contributed by atoms with Crippen molar-refractivity contribution in [2.45, 2.75) is 46.3 Å². The molecule has 13 heavy (non-hydrogen) atoms. The van der Waals surface area contributed by atoms with Gasteiger partial charge in [-0.05, 0) is 27.2 Å². The molecular weight excluding hydrogens is 166 g/mol. The summed E-state index contributed by atoms with van der Waals surface area (Å²) in [6, 6.07) is 0. The third-order valence-electron chi connectivity index (χ3n) is 2.60. The highest BCUT2D eigenvalue weighted by atomic mass is 16.5. The Morgan fingerprint density at radius 3 is 2.23 bits per heavy atom. The minimum Gasteiger partial charge on any atom is -0.393 e. The van der Waals surface area contributed by atoms with Gasteiger partial charge in [0.2, 0.25) is 0 Å². The van der Waals surface area contributed by atoms with E-state index in [2.05, 4.69) is 0 Å². The fourth-order valence-electron chi connectivity index (χ4n) is 1.01. The van der Waals surface area contributed by atoms with E-state index in [1.165, 1.54) is 0 Å². The van der Waals surface area contributed by atoms with Crippen molar-refractivity contribution >= 4 is 0 Å². The first-order valence-corrected chi connectivity index (χ1v) is 4.92. The van der Waals surface area contributed by atoms with Gasteiger partial charge >= 0.3 is 0 Å². The van der Waals surface area contributed by atoms with Crippen LogP contribution in [-0.4, -0.2) is 30.5 Å². The Bertz CT molecular complexity index is 137. The average Bonchev–Trinajstić information content (AvgIpc) is 2.03. The maximum absolute atomic E-state index is 9.50. The molecule has 0 heterocycles. The summed E-state index contributed by atoms with van der Waals surface area (Å²) in [6.07, 6.45) is 0.670. The molecule has 2 atom stereocenters. The predicted molar refractivity (Wildman–Crippen MR) is 54.5 cm³/mol. The maximum Gasteiger partial charge on any atom is 0.0578 e. The largest absolute Gasteiger partial charge is 0.393 e. The van der Waals surface area contributed by atoms with Crippen molar-refractivity contribution in [3.63, 3.8) is 0 Å². The molecule has 80 valence electrons. The minimum atomic E-state index is -0.381. The molecule has 0 amide bonds. The predicted octanol–water partition coefficient (Wildman–Crippen LogP) is 1.15. The summed E-state index contributed by atoms with van der Waals surface area (Å²) in [6.45, 7) is 8.93. The zero-order valence-corrected chi connectivity index (χ0v) is 9.21. The number of hydrogen-bond acceptors (Lipinski definition) is 3. The van der Waals surface area contributed by atoms with Crippen LogP contribution < -0.4 is 5.73 Å². The summed E-state index contributed by atoms with van der Waals surface area (Å²) < 4.78 is 5.42. The topological polar surface area (TPSA) is 55.5 Å². The van der Waals surface area contributed by atoms with Gasteiger partial charge in [-0.25, -0.2) is 0 Å². The number of aliphatic hydroxyl groups is 1. The molecule has 3 nitrogen and oxygen atoms in total. The van der Waals surface area contributed by atoms with Crippen LogP contribution >= 0.6 is 0 Å². The van der Waals surface area contributed by atoms with Gasteiger partial charge in [-0.3, -0.25) is 0 Å². The van der Waals surface area contributed by atoms with Crippen LogP contribution in [0.4, 0.5) is 0 Å². The number of ether oxygens (including phenoxy) is 1. The molecule has 0 aliphatic carbocycles. The van der Waals surface area contributed by atoms with E-state index < -0.39 is 0 Å². The average molecular weight is 189 g/mol. The highest BCUT2D eigenvalue weighted by Gasteiger charge is 2.27. The van der Waals surface area contributed by atoms with Crippen molar-refractivity contribution in [1.82, 2.24) is 0 Å². The Morgan fingerprint density at radius 2 is 1.92 bits per heavy atom. The molecule has 0 spiro atoms. The first kappa shape index (κ1) is 12.9. The van der Waals surface area contributed by atoms with Crippen LogP contribution in [-0.2, 0) is 4.74 Å². The first-order valence-electron chi connectivity index (χ1n) is 4.92. The van der Waals surface area contributed by atoms with E-state index >= 15 is 0 Å². The number of nitrogens with two attached hydrogens (primary N) is 1. The van der Waals surface area contributed by atoms with Gasteiger partial charge in [0.15, 0.2) is 0 Å². The van der Waals surface area contributed by atoms with Crippen LogP contribution in [0.15, 0.2) is 0 Å². The molecule has 0 aliphatic rings. The van der Waals surface area contributed by atoms with Crippen LogP contribution in [0.5, 0.6) is 0 Å². The molecule has 0 fully saturated rings. The number of hydrogen-bond donors (Lipinski definition) is 2. The quantitative estimate of drug-likeness (QED) is 0.659. The zero-order chi connectivity index (χ0) is 10.5. The Labute approximate surface area is 81.3 Å². The van der Waals surface area contributed by atoms with Crippen molar-refractivity contribution in [3.8, 4) is 0 Å². The second-order valence-electron chi connectivity index (χ2n) is 4.20. The van der Waals surface area contributed by atoms with Crippen LogP contribution in [0, 0.1) is 5.41 Å². The molecule has 2 unspecified atom stereocenters. The van der Waals surface area contributed by atoms with Crippen LogP contribution in [0.1, 0.15) is 34.1 Å². The number of aliphatic hydroxyl groups excluding tert-OH is 1. The van der Waals surface area contributed by atoms with Gasteiger partial charge < -0.3 is 15.6 Å². The fourth-order valence-corrected chi connectivity index (χ4v) is 1.01. The highest BCUT2D eigenvalue weighted by molar-refractivity contribution is 4.80. The van der Waals surface area contributed by atoms with E-state index in [1.54, 1.807) is 6.92 Å². The third-order valence-corrected chi connectivity index (χ3v) is 2.60. The molecule has 0 rings (SSSR count). The molecule has 3 heteroatoms. The normalized spacial score (nSPS) is 18.7. The Morgan fingerprint density at radius 1 is 1.38 bits per heavy atom. The van der Waals surface area contributed by atoms with Gasteiger partial charge in [-0.15, -0.1) is 0 Å². The lowest BCUT2D eigenvalue weighted by molar-refractivity contribution is 0.00648. The second kappa shape index (κ2) is 5.58. The molecular formula is C10H23NO2. The Hall–Kier alpha value is -0.120. The van der Waals surface area contributed by atoms with E-state index in [0.29, 0.717) is 13.2 Å². The summed E-state index contributed by atoms with van der Waals surface area (Å²) in [4.78, 5) is 0. The summed E-state index contributed by atoms with van der Waals surface area (Å²) in [5.41, 5.74) is 5.40. The first-order chi connectivity index (χ1) is 5.92. The molecule has 3 N–H and O–H groups in total. The second-order valence-corrected chi connectivity index (χ2v) is 4.20. The molecule has 0 aromatic rings. The molecule has 0 radical (unpaired) electrons. The summed E-state index contributed by atoms with van der Waals surface area (Å²) in [7, 11) is 0. The highest BCUT2D eigenvalue weighted by Crippen LogP contribution is 2.24. The van der Waals surface area contributed by atoms with E-state index in [9.17, 15) is 5.11 Å². The third kappa shape index (κ3) is 4.60. The minimum absolute atomic E-state index is 0.213. The van der Waals surface area contributed by atoms with Crippen LogP contribution in [0.3, 0.4) is 0 Å². The van der Waals surface area contributed by atoms with Gasteiger partial charge in [0.1, 0.15) is 0 Å². The number of rotatable bonds is 6. The van der Waals surface area contributed by atoms with Crippen molar-refractivity contribution in [3.05, 3.63) is 0 Å².